The minimum atomic E-state index is -0.240. The molecule has 2 saturated carbocycles. The molecule has 2 fully saturated rings. The molecule has 0 aromatic carbocycles. The quantitative estimate of drug-likeness (QED) is 0.614. The zero-order valence-corrected chi connectivity index (χ0v) is 9.14. The molecule has 0 amide bonds. The highest BCUT2D eigenvalue weighted by Crippen LogP contribution is 2.67. The first-order chi connectivity index (χ1) is 5.95. The number of ether oxygens (including phenoxy) is 2. The van der Waals surface area contributed by atoms with Crippen molar-refractivity contribution in [3.05, 3.63) is 0 Å². The van der Waals surface area contributed by atoms with Crippen LogP contribution in [0.15, 0.2) is 0 Å². The topological polar surface area (TPSA) is 18.5 Å². The molecule has 2 aliphatic rings. The number of hydrogen-bond acceptors (Lipinski definition) is 2. The Morgan fingerprint density at radius 3 is 1.62 bits per heavy atom. The van der Waals surface area contributed by atoms with Crippen LogP contribution in [0.25, 0.3) is 0 Å². The summed E-state index contributed by atoms with van der Waals surface area (Å²) in [4.78, 5) is 0. The van der Waals surface area contributed by atoms with Crippen molar-refractivity contribution in [2.24, 2.45) is 10.8 Å². The molecule has 0 atom stereocenters. The van der Waals surface area contributed by atoms with E-state index in [1.54, 1.807) is 14.2 Å². The van der Waals surface area contributed by atoms with Crippen molar-refractivity contribution < 1.29 is 9.47 Å². The van der Waals surface area contributed by atoms with Crippen LogP contribution in [-0.4, -0.2) is 20.0 Å². The van der Waals surface area contributed by atoms with Crippen molar-refractivity contribution in [3.63, 3.8) is 0 Å². The van der Waals surface area contributed by atoms with Crippen LogP contribution in [0.5, 0.6) is 0 Å². The molecule has 0 aliphatic heterocycles. The zero-order valence-electron chi connectivity index (χ0n) is 9.14. The van der Waals surface area contributed by atoms with Crippen LogP contribution < -0.4 is 0 Å². The molecule has 0 heterocycles. The second-order valence-electron chi connectivity index (χ2n) is 5.69. The Morgan fingerprint density at radius 1 is 0.846 bits per heavy atom. The molecule has 0 saturated heterocycles. The van der Waals surface area contributed by atoms with Crippen LogP contribution in [0, 0.1) is 10.8 Å². The van der Waals surface area contributed by atoms with E-state index in [1.807, 2.05) is 0 Å². The molecule has 2 aliphatic carbocycles. The van der Waals surface area contributed by atoms with E-state index < -0.39 is 0 Å². The van der Waals surface area contributed by atoms with E-state index in [-0.39, 0.29) is 5.79 Å². The normalized spacial score (nSPS) is 32.3. The van der Waals surface area contributed by atoms with E-state index >= 15 is 0 Å². The molecule has 0 bridgehead atoms. The first kappa shape index (κ1) is 9.47. The average Bonchev–Trinajstić information content (AvgIpc) is 1.94. The van der Waals surface area contributed by atoms with Crippen LogP contribution in [-0.2, 0) is 9.47 Å². The van der Waals surface area contributed by atoms with Gasteiger partial charge < -0.3 is 9.47 Å². The van der Waals surface area contributed by atoms with E-state index in [4.69, 9.17) is 9.47 Å². The molecule has 13 heavy (non-hydrogen) atoms. The van der Waals surface area contributed by atoms with E-state index in [0.717, 1.165) is 12.8 Å². The van der Waals surface area contributed by atoms with Crippen molar-refractivity contribution in [2.75, 3.05) is 14.2 Å². The summed E-state index contributed by atoms with van der Waals surface area (Å²) in [5, 5.41) is 0. The van der Waals surface area contributed by atoms with Crippen LogP contribution >= 0.6 is 0 Å². The van der Waals surface area contributed by atoms with E-state index in [9.17, 15) is 0 Å². The molecular weight excluding hydrogens is 164 g/mol. The zero-order chi connectivity index (χ0) is 9.74. The Kier molecular flexibility index (Phi) is 1.81. The third kappa shape index (κ3) is 1.31. The maximum absolute atomic E-state index is 5.40. The van der Waals surface area contributed by atoms with Gasteiger partial charge in [-0.25, -0.2) is 0 Å². The molecule has 0 aromatic heterocycles. The predicted molar refractivity (Wildman–Crippen MR) is 51.4 cm³/mol. The third-order valence-corrected chi connectivity index (χ3v) is 3.74. The lowest BCUT2D eigenvalue weighted by Gasteiger charge is -2.64. The van der Waals surface area contributed by atoms with Crippen LogP contribution in [0.4, 0.5) is 0 Å². The highest BCUT2D eigenvalue weighted by molar-refractivity contribution is 5.10. The summed E-state index contributed by atoms with van der Waals surface area (Å²) in [5.74, 6) is -0.240. The van der Waals surface area contributed by atoms with Crippen LogP contribution in [0.1, 0.15) is 39.5 Å². The van der Waals surface area contributed by atoms with Gasteiger partial charge in [-0.15, -0.1) is 0 Å². The molecule has 0 radical (unpaired) electrons. The Hall–Kier alpha value is -0.0800. The summed E-state index contributed by atoms with van der Waals surface area (Å²) in [6, 6.07) is 0. The predicted octanol–water partition coefficient (Wildman–Crippen LogP) is 2.58. The SMILES string of the molecule is COC1(OC)CC2(CC(C)(C)C2)C1. The summed E-state index contributed by atoms with van der Waals surface area (Å²) in [6.07, 6.45) is 4.87. The lowest BCUT2D eigenvalue weighted by Crippen LogP contribution is -2.61. The molecule has 2 heteroatoms. The van der Waals surface area contributed by atoms with Crippen molar-refractivity contribution in [1.29, 1.82) is 0 Å². The summed E-state index contributed by atoms with van der Waals surface area (Å²) >= 11 is 0. The summed E-state index contributed by atoms with van der Waals surface area (Å²) < 4.78 is 10.8. The maximum Gasteiger partial charge on any atom is 0.168 e. The second kappa shape index (κ2) is 2.48. The summed E-state index contributed by atoms with van der Waals surface area (Å²) in [6.45, 7) is 4.69. The van der Waals surface area contributed by atoms with Crippen molar-refractivity contribution in [1.82, 2.24) is 0 Å². The molecule has 0 aromatic rings. The molecule has 1 spiro atoms. The lowest BCUT2D eigenvalue weighted by atomic mass is 9.44. The van der Waals surface area contributed by atoms with Gasteiger partial charge in [0.15, 0.2) is 5.79 Å². The fourth-order valence-corrected chi connectivity index (χ4v) is 3.69. The summed E-state index contributed by atoms with van der Waals surface area (Å²) in [7, 11) is 3.50. The number of hydrogen-bond donors (Lipinski definition) is 0. The molecular formula is C11H20O2. The Balaban J connectivity index is 1.92. The average molecular weight is 184 g/mol. The van der Waals surface area contributed by atoms with E-state index in [0.29, 0.717) is 10.8 Å². The highest BCUT2D eigenvalue weighted by atomic mass is 16.7. The van der Waals surface area contributed by atoms with Gasteiger partial charge >= 0.3 is 0 Å². The monoisotopic (exact) mass is 184 g/mol. The molecule has 0 N–H and O–H groups in total. The van der Waals surface area contributed by atoms with Gasteiger partial charge in [0.1, 0.15) is 0 Å². The van der Waals surface area contributed by atoms with Gasteiger partial charge in [0, 0.05) is 27.1 Å². The van der Waals surface area contributed by atoms with Gasteiger partial charge in [-0.1, -0.05) is 13.8 Å². The van der Waals surface area contributed by atoms with Crippen molar-refractivity contribution in [3.8, 4) is 0 Å². The minimum absolute atomic E-state index is 0.240. The summed E-state index contributed by atoms with van der Waals surface area (Å²) in [5.41, 5.74) is 1.13. The highest BCUT2D eigenvalue weighted by Gasteiger charge is 2.63. The van der Waals surface area contributed by atoms with E-state index in [2.05, 4.69) is 13.8 Å². The maximum atomic E-state index is 5.40. The van der Waals surface area contributed by atoms with E-state index in [1.165, 1.54) is 12.8 Å². The van der Waals surface area contributed by atoms with Gasteiger partial charge in [-0.3, -0.25) is 0 Å². The standard InChI is InChI=1S/C11H20O2/c1-9(2)5-10(6-9)7-11(8-10,12-3)13-4/h5-8H2,1-4H3. The fourth-order valence-electron chi connectivity index (χ4n) is 3.69. The van der Waals surface area contributed by atoms with Gasteiger partial charge in [0.25, 0.3) is 0 Å². The van der Waals surface area contributed by atoms with Gasteiger partial charge in [-0.2, -0.15) is 0 Å². The smallest absolute Gasteiger partial charge is 0.168 e. The van der Waals surface area contributed by atoms with Crippen LogP contribution in [0.3, 0.4) is 0 Å². The number of methoxy groups -OCH3 is 2. The van der Waals surface area contributed by atoms with Gasteiger partial charge in [0.05, 0.1) is 0 Å². The van der Waals surface area contributed by atoms with Crippen LogP contribution in [0.2, 0.25) is 0 Å². The second-order valence-corrected chi connectivity index (χ2v) is 5.69. The molecule has 76 valence electrons. The largest absolute Gasteiger partial charge is 0.353 e. The molecule has 2 nitrogen and oxygen atoms in total. The number of rotatable bonds is 2. The molecule has 0 unspecified atom stereocenters. The minimum Gasteiger partial charge on any atom is -0.353 e. The lowest BCUT2D eigenvalue weighted by molar-refractivity contribution is -0.325. The van der Waals surface area contributed by atoms with Gasteiger partial charge in [0.2, 0.25) is 0 Å². The Bertz CT molecular complexity index is 198. The first-order valence-electron chi connectivity index (χ1n) is 5.05. The Morgan fingerprint density at radius 2 is 1.31 bits per heavy atom. The van der Waals surface area contributed by atoms with Gasteiger partial charge in [-0.05, 0) is 23.7 Å². The fraction of sp³-hybridized carbons (Fsp3) is 1.00. The molecule has 2 rings (SSSR count). The van der Waals surface area contributed by atoms with Crippen molar-refractivity contribution >= 4 is 0 Å². The third-order valence-electron chi connectivity index (χ3n) is 3.74. The first-order valence-corrected chi connectivity index (χ1v) is 5.05. The Labute approximate surface area is 80.6 Å². The van der Waals surface area contributed by atoms with Crippen molar-refractivity contribution in [2.45, 2.75) is 45.3 Å².